The summed E-state index contributed by atoms with van der Waals surface area (Å²) in [5, 5.41) is 6.06. The summed E-state index contributed by atoms with van der Waals surface area (Å²) in [6, 6.07) is 11.1. The molecule has 0 spiro atoms. The van der Waals surface area contributed by atoms with Crippen LogP contribution in [0.15, 0.2) is 51.4 Å². The molecule has 18 heavy (non-hydrogen) atoms. The molecule has 0 fully saturated rings. The van der Waals surface area contributed by atoms with Gasteiger partial charge in [-0.15, -0.1) is 11.3 Å². The fraction of sp³-hybridized carbons (Fsp3) is 0.0769. The third-order valence-corrected chi connectivity index (χ3v) is 3.82. The molecule has 0 atom stereocenters. The summed E-state index contributed by atoms with van der Waals surface area (Å²) in [7, 11) is 0. The van der Waals surface area contributed by atoms with Gasteiger partial charge in [0.05, 0.1) is 5.71 Å². The van der Waals surface area contributed by atoms with Gasteiger partial charge in [-0.25, -0.2) is 5.43 Å². The molecule has 0 radical (unpaired) electrons. The van der Waals surface area contributed by atoms with Crippen molar-refractivity contribution in [2.45, 2.75) is 6.92 Å². The van der Waals surface area contributed by atoms with E-state index in [0.29, 0.717) is 5.56 Å². The first-order valence-corrected chi connectivity index (χ1v) is 6.98. The fourth-order valence-corrected chi connectivity index (χ4v) is 2.28. The molecule has 2 aromatic rings. The third-order valence-electron chi connectivity index (χ3n) is 2.31. The number of amides is 1. The van der Waals surface area contributed by atoms with E-state index in [0.717, 1.165) is 15.1 Å². The molecule has 0 saturated heterocycles. The Kier molecular flexibility index (Phi) is 4.28. The second kappa shape index (κ2) is 5.93. The first kappa shape index (κ1) is 13.0. The fourth-order valence-electron chi connectivity index (χ4n) is 1.34. The molecule has 1 amide bonds. The zero-order valence-electron chi connectivity index (χ0n) is 9.68. The van der Waals surface area contributed by atoms with E-state index in [-0.39, 0.29) is 5.91 Å². The molecule has 3 nitrogen and oxygen atoms in total. The van der Waals surface area contributed by atoms with Crippen LogP contribution in [0.4, 0.5) is 0 Å². The summed E-state index contributed by atoms with van der Waals surface area (Å²) in [6.07, 6.45) is 0. The Morgan fingerprint density at radius 2 is 2.00 bits per heavy atom. The van der Waals surface area contributed by atoms with Crippen molar-refractivity contribution < 1.29 is 4.79 Å². The summed E-state index contributed by atoms with van der Waals surface area (Å²) >= 11 is 4.92. The quantitative estimate of drug-likeness (QED) is 0.680. The minimum Gasteiger partial charge on any atom is -0.267 e. The van der Waals surface area contributed by atoms with Crippen molar-refractivity contribution in [1.29, 1.82) is 0 Å². The third kappa shape index (κ3) is 3.27. The second-order valence-corrected chi connectivity index (χ2v) is 5.49. The van der Waals surface area contributed by atoms with Gasteiger partial charge in [0.15, 0.2) is 0 Å². The van der Waals surface area contributed by atoms with Gasteiger partial charge in [0.25, 0.3) is 5.91 Å². The first-order chi connectivity index (χ1) is 8.66. The van der Waals surface area contributed by atoms with Gasteiger partial charge < -0.3 is 0 Å². The smallest absolute Gasteiger partial charge is 0.267 e. The minimum absolute atomic E-state index is 0.210. The largest absolute Gasteiger partial charge is 0.271 e. The molecule has 1 N–H and O–H groups in total. The highest BCUT2D eigenvalue weighted by atomic mass is 79.9. The number of carbonyl (C=O) groups is 1. The van der Waals surface area contributed by atoms with Crippen LogP contribution in [0.1, 0.15) is 22.2 Å². The minimum atomic E-state index is -0.210. The normalized spacial score (nSPS) is 11.3. The van der Waals surface area contributed by atoms with Crippen molar-refractivity contribution in [2.75, 3.05) is 0 Å². The maximum Gasteiger partial charge on any atom is 0.271 e. The first-order valence-electron chi connectivity index (χ1n) is 5.31. The zero-order valence-corrected chi connectivity index (χ0v) is 12.1. The Hall–Kier alpha value is -1.46. The molecule has 0 saturated carbocycles. The highest BCUT2D eigenvalue weighted by Crippen LogP contribution is 2.11. The Morgan fingerprint density at radius 3 is 2.61 bits per heavy atom. The van der Waals surface area contributed by atoms with Crippen LogP contribution in [0.5, 0.6) is 0 Å². The molecule has 0 aliphatic rings. The molecule has 5 heteroatoms. The lowest BCUT2D eigenvalue weighted by Crippen LogP contribution is -2.18. The van der Waals surface area contributed by atoms with Gasteiger partial charge in [0.1, 0.15) is 0 Å². The number of nitrogens with zero attached hydrogens (tertiary/aromatic N) is 1. The highest BCUT2D eigenvalue weighted by Gasteiger charge is 2.04. The molecule has 0 unspecified atom stereocenters. The average molecular weight is 323 g/mol. The maximum absolute atomic E-state index is 11.8. The van der Waals surface area contributed by atoms with E-state index in [4.69, 9.17) is 0 Å². The van der Waals surface area contributed by atoms with E-state index in [1.54, 1.807) is 23.5 Å². The summed E-state index contributed by atoms with van der Waals surface area (Å²) in [6.45, 7) is 1.87. The van der Waals surface area contributed by atoms with Gasteiger partial charge in [-0.3, -0.25) is 4.79 Å². The standard InChI is InChI=1S/C13H11BrN2OS/c1-9(12-3-2-8-18-12)15-16-13(17)10-4-6-11(14)7-5-10/h2-8H,1H3,(H,16,17)/b15-9+. The lowest BCUT2D eigenvalue weighted by atomic mass is 10.2. The van der Waals surface area contributed by atoms with Crippen LogP contribution in [-0.4, -0.2) is 11.6 Å². The van der Waals surface area contributed by atoms with Gasteiger partial charge in [-0.1, -0.05) is 22.0 Å². The molecule has 0 aliphatic heterocycles. The average Bonchev–Trinajstić information content (AvgIpc) is 2.90. The van der Waals surface area contributed by atoms with Crippen molar-refractivity contribution >= 4 is 38.9 Å². The number of nitrogens with one attached hydrogen (secondary N) is 1. The summed E-state index contributed by atoms with van der Waals surface area (Å²) in [4.78, 5) is 12.8. The number of hydrazone groups is 1. The number of hydrogen-bond donors (Lipinski definition) is 1. The van der Waals surface area contributed by atoms with Crippen molar-refractivity contribution in [1.82, 2.24) is 5.43 Å². The number of hydrogen-bond acceptors (Lipinski definition) is 3. The van der Waals surface area contributed by atoms with Crippen molar-refractivity contribution in [3.8, 4) is 0 Å². The van der Waals surface area contributed by atoms with Crippen LogP contribution >= 0.6 is 27.3 Å². The van der Waals surface area contributed by atoms with Crippen molar-refractivity contribution in [3.63, 3.8) is 0 Å². The summed E-state index contributed by atoms with van der Waals surface area (Å²) < 4.78 is 0.942. The van der Waals surface area contributed by atoms with E-state index < -0.39 is 0 Å². The van der Waals surface area contributed by atoms with Gasteiger partial charge in [0, 0.05) is 14.9 Å². The van der Waals surface area contributed by atoms with Gasteiger partial charge in [-0.2, -0.15) is 5.10 Å². The van der Waals surface area contributed by atoms with Crippen LogP contribution in [0.3, 0.4) is 0 Å². The molecule has 1 heterocycles. The van der Waals surface area contributed by atoms with E-state index in [2.05, 4.69) is 26.5 Å². The van der Waals surface area contributed by atoms with Crippen LogP contribution in [-0.2, 0) is 0 Å². The lowest BCUT2D eigenvalue weighted by Gasteiger charge is -2.01. The van der Waals surface area contributed by atoms with Crippen molar-refractivity contribution in [3.05, 3.63) is 56.7 Å². The number of rotatable bonds is 3. The molecule has 2 rings (SSSR count). The van der Waals surface area contributed by atoms with Crippen LogP contribution in [0.2, 0.25) is 0 Å². The predicted octanol–water partition coefficient (Wildman–Crippen LogP) is 3.66. The Balaban J connectivity index is 2.04. The molecule has 92 valence electrons. The lowest BCUT2D eigenvalue weighted by molar-refractivity contribution is 0.0955. The molecule has 1 aromatic heterocycles. The zero-order chi connectivity index (χ0) is 13.0. The van der Waals surface area contributed by atoms with Crippen molar-refractivity contribution in [2.24, 2.45) is 5.10 Å². The SMILES string of the molecule is C/C(=N\NC(=O)c1ccc(Br)cc1)c1cccs1. The summed E-state index contributed by atoms with van der Waals surface area (Å²) in [5.41, 5.74) is 3.93. The molecule has 0 aliphatic carbocycles. The van der Waals surface area contributed by atoms with Crippen LogP contribution < -0.4 is 5.43 Å². The molecule has 0 bridgehead atoms. The highest BCUT2D eigenvalue weighted by molar-refractivity contribution is 9.10. The molecule has 1 aromatic carbocycles. The number of thiophene rings is 1. The van der Waals surface area contributed by atoms with Gasteiger partial charge in [0.2, 0.25) is 0 Å². The maximum atomic E-state index is 11.8. The van der Waals surface area contributed by atoms with Crippen LogP contribution in [0, 0.1) is 0 Å². The second-order valence-electron chi connectivity index (χ2n) is 3.62. The Morgan fingerprint density at radius 1 is 1.28 bits per heavy atom. The summed E-state index contributed by atoms with van der Waals surface area (Å²) in [5.74, 6) is -0.210. The van der Waals surface area contributed by atoms with E-state index in [9.17, 15) is 4.79 Å². The Labute approximate surface area is 118 Å². The number of halogens is 1. The number of carbonyl (C=O) groups excluding carboxylic acids is 1. The monoisotopic (exact) mass is 322 g/mol. The predicted molar refractivity (Wildman–Crippen MR) is 78.1 cm³/mol. The Bertz CT molecular complexity index is 561. The van der Waals surface area contributed by atoms with Gasteiger partial charge >= 0.3 is 0 Å². The topological polar surface area (TPSA) is 41.5 Å². The van der Waals surface area contributed by atoms with Gasteiger partial charge in [-0.05, 0) is 42.6 Å². The van der Waals surface area contributed by atoms with Crippen LogP contribution in [0.25, 0.3) is 0 Å². The number of benzene rings is 1. The molecular weight excluding hydrogens is 312 g/mol. The molecular formula is C13H11BrN2OS. The van der Waals surface area contributed by atoms with E-state index >= 15 is 0 Å². The van der Waals surface area contributed by atoms with E-state index in [1.807, 2.05) is 36.6 Å². The van der Waals surface area contributed by atoms with E-state index in [1.165, 1.54) is 0 Å².